The van der Waals surface area contributed by atoms with Crippen molar-refractivity contribution in [1.29, 1.82) is 0 Å². The van der Waals surface area contributed by atoms with Crippen molar-refractivity contribution in [3.63, 3.8) is 0 Å². The van der Waals surface area contributed by atoms with Crippen molar-refractivity contribution in [2.24, 2.45) is 0 Å². The number of hydrogen-bond acceptors (Lipinski definition) is 2. The van der Waals surface area contributed by atoms with Crippen molar-refractivity contribution in [2.75, 3.05) is 10.0 Å². The summed E-state index contributed by atoms with van der Waals surface area (Å²) < 4.78 is 0. The molecule has 0 spiro atoms. The molecule has 111 valence electrons. The second kappa shape index (κ2) is 7.13. The molecule has 0 atom stereocenters. The van der Waals surface area contributed by atoms with Gasteiger partial charge >= 0.3 is 0 Å². The molecule has 1 aliphatic rings. The molecule has 23 heavy (non-hydrogen) atoms. The number of carbonyl (C=O) groups is 2. The first kappa shape index (κ1) is 17.5. The summed E-state index contributed by atoms with van der Waals surface area (Å²) in [5.41, 5.74) is 2.28. The summed E-state index contributed by atoms with van der Waals surface area (Å²) in [7, 11) is 0. The van der Waals surface area contributed by atoms with Gasteiger partial charge in [0.05, 0.1) is 11.4 Å². The van der Waals surface area contributed by atoms with Crippen LogP contribution in [-0.4, -0.2) is 41.4 Å². The van der Waals surface area contributed by atoms with Crippen LogP contribution in [0.25, 0.3) is 0 Å². The van der Waals surface area contributed by atoms with Crippen LogP contribution in [0.15, 0.2) is 71.8 Å². The zero-order valence-electron chi connectivity index (χ0n) is 13.5. The Kier molecular flexibility index (Phi) is 5.42. The third kappa shape index (κ3) is 3.11. The fourth-order valence-corrected chi connectivity index (χ4v) is 2.52. The van der Waals surface area contributed by atoms with Crippen LogP contribution in [0.1, 0.15) is 13.8 Å². The number of nitrogens with zero attached hydrogens (tertiary/aromatic N) is 2. The van der Waals surface area contributed by atoms with Gasteiger partial charge in [0.25, 0.3) is 11.8 Å². The summed E-state index contributed by atoms with van der Waals surface area (Å²) in [5.74, 6) is -0.583. The minimum absolute atomic E-state index is 0. The van der Waals surface area contributed by atoms with Crippen molar-refractivity contribution >= 4 is 52.7 Å². The Morgan fingerprint density at radius 2 is 1.04 bits per heavy atom. The van der Waals surface area contributed by atoms with Gasteiger partial charge in [-0.3, -0.25) is 9.59 Å². The molecular formula is C18H16N2NaO2. The van der Waals surface area contributed by atoms with Crippen LogP contribution in [-0.2, 0) is 9.59 Å². The van der Waals surface area contributed by atoms with Crippen LogP contribution in [0, 0.1) is 0 Å². The summed E-state index contributed by atoms with van der Waals surface area (Å²) >= 11 is 0. The molecule has 2 aromatic carbocycles. The van der Waals surface area contributed by atoms with Crippen LogP contribution in [0.3, 0.4) is 0 Å². The number of amides is 2. The minimum atomic E-state index is -0.292. The van der Waals surface area contributed by atoms with Crippen molar-refractivity contribution < 1.29 is 9.59 Å². The number of hydrazine groups is 1. The van der Waals surface area contributed by atoms with E-state index in [1.807, 2.05) is 60.7 Å². The van der Waals surface area contributed by atoms with E-state index >= 15 is 0 Å². The maximum atomic E-state index is 12.7. The Labute approximate surface area is 157 Å². The molecule has 0 saturated carbocycles. The van der Waals surface area contributed by atoms with E-state index in [1.165, 1.54) is 10.0 Å². The van der Waals surface area contributed by atoms with E-state index in [2.05, 4.69) is 0 Å². The molecule has 1 aliphatic heterocycles. The average Bonchev–Trinajstić information content (AvgIpc) is 2.80. The predicted molar refractivity (Wildman–Crippen MR) is 92.0 cm³/mol. The zero-order chi connectivity index (χ0) is 15.7. The molecule has 0 N–H and O–H groups in total. The van der Waals surface area contributed by atoms with Gasteiger partial charge < -0.3 is 0 Å². The van der Waals surface area contributed by atoms with Gasteiger partial charge in [-0.2, -0.15) is 0 Å². The maximum Gasteiger partial charge on any atom is 0.283 e. The summed E-state index contributed by atoms with van der Waals surface area (Å²) in [4.78, 5) is 25.5. The monoisotopic (exact) mass is 315 g/mol. The first-order valence-corrected chi connectivity index (χ1v) is 7.07. The van der Waals surface area contributed by atoms with E-state index in [9.17, 15) is 9.59 Å². The molecule has 0 aromatic heterocycles. The molecule has 1 saturated heterocycles. The van der Waals surface area contributed by atoms with Crippen LogP contribution in [0.4, 0.5) is 11.4 Å². The third-order valence-corrected chi connectivity index (χ3v) is 3.51. The Morgan fingerprint density at radius 1 is 0.696 bits per heavy atom. The Balaban J connectivity index is 0.00000192. The molecule has 2 amide bonds. The van der Waals surface area contributed by atoms with Gasteiger partial charge in [-0.25, -0.2) is 10.0 Å². The number of hydrogen-bond donors (Lipinski definition) is 0. The Bertz CT molecular complexity index is 694. The van der Waals surface area contributed by atoms with Crippen molar-refractivity contribution in [2.45, 2.75) is 13.8 Å². The van der Waals surface area contributed by atoms with Crippen LogP contribution in [0.2, 0.25) is 0 Å². The first-order valence-electron chi connectivity index (χ1n) is 7.07. The van der Waals surface area contributed by atoms with E-state index in [0.29, 0.717) is 11.4 Å². The summed E-state index contributed by atoms with van der Waals surface area (Å²) in [6, 6.07) is 18.4. The van der Waals surface area contributed by atoms with E-state index in [0.717, 1.165) is 5.57 Å². The quantitative estimate of drug-likeness (QED) is 0.486. The van der Waals surface area contributed by atoms with E-state index in [-0.39, 0.29) is 46.9 Å². The maximum absolute atomic E-state index is 12.7. The van der Waals surface area contributed by atoms with Gasteiger partial charge in [0.15, 0.2) is 0 Å². The Morgan fingerprint density at radius 3 is 1.35 bits per heavy atom. The van der Waals surface area contributed by atoms with Crippen molar-refractivity contribution in [1.82, 2.24) is 0 Å². The minimum Gasteiger partial charge on any atom is -0.267 e. The molecule has 4 nitrogen and oxygen atoms in total. The van der Waals surface area contributed by atoms with Gasteiger partial charge in [-0.15, -0.1) is 0 Å². The second-order valence-corrected chi connectivity index (χ2v) is 5.28. The van der Waals surface area contributed by atoms with Gasteiger partial charge in [-0.1, -0.05) is 42.0 Å². The molecule has 1 heterocycles. The standard InChI is InChI=1S/C18H16N2O2.Na/c1-13(2)16-17(21)19(14-9-5-3-6-10-14)20(18(16)22)15-11-7-4-8-12-15;/h3-12H,1-2H3;. The van der Waals surface area contributed by atoms with Gasteiger partial charge in [0, 0.05) is 29.6 Å². The molecule has 1 fully saturated rings. The van der Waals surface area contributed by atoms with E-state index in [4.69, 9.17) is 0 Å². The van der Waals surface area contributed by atoms with Crippen LogP contribution < -0.4 is 10.0 Å². The summed E-state index contributed by atoms with van der Waals surface area (Å²) in [6.45, 7) is 3.56. The topological polar surface area (TPSA) is 40.6 Å². The molecule has 0 bridgehead atoms. The molecule has 3 rings (SSSR count). The molecular weight excluding hydrogens is 299 g/mol. The number of anilines is 2. The van der Waals surface area contributed by atoms with Gasteiger partial charge in [0.2, 0.25) is 0 Å². The molecule has 5 heteroatoms. The van der Waals surface area contributed by atoms with Crippen molar-refractivity contribution in [3.8, 4) is 0 Å². The number of carbonyl (C=O) groups excluding carboxylic acids is 2. The molecule has 0 aliphatic carbocycles. The molecule has 2 aromatic rings. The number of benzene rings is 2. The smallest absolute Gasteiger partial charge is 0.267 e. The SMILES string of the molecule is CC(C)=C1C(=O)N(c2ccccc2)N(c2ccccc2)C1=O.[Na]. The summed E-state index contributed by atoms with van der Waals surface area (Å²) in [6.07, 6.45) is 0. The fraction of sp³-hybridized carbons (Fsp3) is 0.111. The molecule has 0 unspecified atom stereocenters. The van der Waals surface area contributed by atoms with E-state index < -0.39 is 0 Å². The molecule has 1 radical (unpaired) electrons. The fourth-order valence-electron chi connectivity index (χ4n) is 2.52. The number of allylic oxidation sites excluding steroid dienone is 1. The van der Waals surface area contributed by atoms with Crippen LogP contribution in [0.5, 0.6) is 0 Å². The number of rotatable bonds is 2. The van der Waals surface area contributed by atoms with Gasteiger partial charge in [0.1, 0.15) is 5.57 Å². The predicted octanol–water partition coefficient (Wildman–Crippen LogP) is 2.94. The largest absolute Gasteiger partial charge is 0.283 e. The zero-order valence-corrected chi connectivity index (χ0v) is 15.5. The second-order valence-electron chi connectivity index (χ2n) is 5.28. The average molecular weight is 315 g/mol. The Hall–Kier alpha value is -1.88. The third-order valence-electron chi connectivity index (χ3n) is 3.51. The van der Waals surface area contributed by atoms with E-state index in [1.54, 1.807) is 13.8 Å². The summed E-state index contributed by atoms with van der Waals surface area (Å²) in [5, 5.41) is 2.86. The van der Waals surface area contributed by atoms with Gasteiger partial charge in [-0.05, 0) is 38.1 Å². The van der Waals surface area contributed by atoms with Crippen molar-refractivity contribution in [3.05, 3.63) is 71.8 Å². The number of para-hydroxylation sites is 2. The van der Waals surface area contributed by atoms with Crippen LogP contribution >= 0.6 is 0 Å². The normalized spacial score (nSPS) is 14.1. The first-order chi connectivity index (χ1) is 10.6.